The molecule has 0 aromatic heterocycles. The minimum atomic E-state index is -0.914. The molecule has 4 heteroatoms. The molecule has 190 valence electrons. The van der Waals surface area contributed by atoms with Gasteiger partial charge in [-0.15, -0.1) is 0 Å². The number of hydrogen-bond acceptors (Lipinski definition) is 2. The average molecular weight is 479 g/mol. The Hall–Kier alpha value is -2.62. The monoisotopic (exact) mass is 478 g/mol. The van der Waals surface area contributed by atoms with Gasteiger partial charge in [0.25, 0.3) is 0 Å². The molecule has 0 atom stereocenters. The largest absolute Gasteiger partial charge is 0.478 e. The Morgan fingerprint density at radius 1 is 0.600 bits per heavy atom. The summed E-state index contributed by atoms with van der Waals surface area (Å²) in [4.78, 5) is 23.7. The second-order valence-corrected chi connectivity index (χ2v) is 10.2. The molecule has 3 rings (SSSR count). The number of fused-ring (bicyclic) bond motifs is 3. The van der Waals surface area contributed by atoms with Crippen molar-refractivity contribution in [2.24, 2.45) is 0 Å². The zero-order valence-electron chi connectivity index (χ0n) is 21.6. The van der Waals surface area contributed by atoms with Gasteiger partial charge in [0.2, 0.25) is 0 Å². The topological polar surface area (TPSA) is 74.6 Å². The van der Waals surface area contributed by atoms with Gasteiger partial charge in [-0.2, -0.15) is 0 Å². The lowest BCUT2D eigenvalue weighted by Crippen LogP contribution is -2.26. The molecule has 0 radical (unpaired) electrons. The van der Waals surface area contributed by atoms with Crippen molar-refractivity contribution < 1.29 is 19.8 Å². The van der Waals surface area contributed by atoms with E-state index in [4.69, 9.17) is 0 Å². The van der Waals surface area contributed by atoms with E-state index < -0.39 is 11.9 Å². The number of carboxylic acids is 2. The van der Waals surface area contributed by atoms with E-state index in [-0.39, 0.29) is 5.41 Å². The van der Waals surface area contributed by atoms with Crippen molar-refractivity contribution in [3.05, 3.63) is 58.7 Å². The van der Waals surface area contributed by atoms with Crippen LogP contribution in [0.5, 0.6) is 0 Å². The van der Waals surface area contributed by atoms with Crippen LogP contribution >= 0.6 is 0 Å². The van der Waals surface area contributed by atoms with Crippen LogP contribution in [0.25, 0.3) is 11.1 Å². The molecule has 2 N–H and O–H groups in total. The number of benzene rings is 2. The van der Waals surface area contributed by atoms with Crippen molar-refractivity contribution in [1.82, 2.24) is 0 Å². The van der Waals surface area contributed by atoms with Gasteiger partial charge in [-0.3, -0.25) is 0 Å². The van der Waals surface area contributed by atoms with Crippen molar-refractivity contribution in [3.8, 4) is 11.1 Å². The summed E-state index contributed by atoms with van der Waals surface area (Å²) in [6.07, 6.45) is 16.2. The Balaban J connectivity index is 1.99. The summed E-state index contributed by atoms with van der Waals surface area (Å²) in [6, 6.07) is 11.0. The minimum absolute atomic E-state index is 0.310. The summed E-state index contributed by atoms with van der Waals surface area (Å²) in [5, 5.41) is 19.5. The maximum Gasteiger partial charge on any atom is 0.335 e. The quantitative estimate of drug-likeness (QED) is 0.236. The number of unbranched alkanes of at least 4 members (excludes halogenated alkanes) is 10. The Bertz CT molecular complexity index is 926. The molecule has 0 saturated heterocycles. The average Bonchev–Trinajstić information content (AvgIpc) is 3.12. The van der Waals surface area contributed by atoms with Crippen LogP contribution in [0.4, 0.5) is 0 Å². The second-order valence-electron chi connectivity index (χ2n) is 10.2. The van der Waals surface area contributed by atoms with E-state index in [1.165, 1.54) is 51.4 Å². The predicted octanol–water partition coefficient (Wildman–Crippen LogP) is 8.85. The van der Waals surface area contributed by atoms with Crippen LogP contribution in [0, 0.1) is 0 Å². The van der Waals surface area contributed by atoms with E-state index in [1.807, 2.05) is 24.3 Å². The first kappa shape index (κ1) is 27.0. The minimum Gasteiger partial charge on any atom is -0.478 e. The van der Waals surface area contributed by atoms with E-state index in [0.717, 1.165) is 60.8 Å². The van der Waals surface area contributed by atoms with Gasteiger partial charge in [0, 0.05) is 5.41 Å². The second kappa shape index (κ2) is 12.9. The van der Waals surface area contributed by atoms with Crippen molar-refractivity contribution in [3.63, 3.8) is 0 Å². The van der Waals surface area contributed by atoms with Gasteiger partial charge in [0.15, 0.2) is 0 Å². The lowest BCUT2D eigenvalue weighted by atomic mass is 9.70. The fraction of sp³-hybridized carbons (Fsp3) is 0.548. The standard InChI is InChI=1S/C31H42O4/c1-3-5-7-9-11-13-19-31(20-14-12-10-8-6-4-2)27-21-23(29(32)33)15-17-25(27)26-18-16-24(30(34)35)22-28(26)31/h15-18,21-22H,3-14,19-20H2,1-2H3,(H,32,33)(H,34,35). The summed E-state index contributed by atoms with van der Waals surface area (Å²) >= 11 is 0. The SMILES string of the molecule is CCCCCCCCC1(CCCCCCCC)c2cc(C(=O)O)ccc2-c2ccc(C(=O)O)cc21. The Morgan fingerprint density at radius 2 is 0.971 bits per heavy atom. The molecular formula is C31H42O4. The lowest BCUT2D eigenvalue weighted by Gasteiger charge is -2.33. The molecule has 0 bridgehead atoms. The van der Waals surface area contributed by atoms with E-state index in [2.05, 4.69) is 13.8 Å². The molecule has 2 aromatic carbocycles. The fourth-order valence-corrected chi connectivity index (χ4v) is 5.84. The number of rotatable bonds is 16. The number of carboxylic acid groups (broad SMARTS) is 2. The molecule has 0 saturated carbocycles. The van der Waals surface area contributed by atoms with Crippen LogP contribution in [0.1, 0.15) is 136 Å². The molecule has 2 aromatic rings. The Morgan fingerprint density at radius 3 is 1.34 bits per heavy atom. The lowest BCUT2D eigenvalue weighted by molar-refractivity contribution is 0.0686. The third-order valence-corrected chi connectivity index (χ3v) is 7.77. The van der Waals surface area contributed by atoms with Crippen molar-refractivity contribution in [1.29, 1.82) is 0 Å². The van der Waals surface area contributed by atoms with Crippen LogP contribution in [0.3, 0.4) is 0 Å². The zero-order chi connectivity index (χ0) is 25.3. The van der Waals surface area contributed by atoms with E-state index >= 15 is 0 Å². The predicted molar refractivity (Wildman–Crippen MR) is 143 cm³/mol. The smallest absolute Gasteiger partial charge is 0.335 e. The molecule has 1 aliphatic carbocycles. The van der Waals surface area contributed by atoms with Crippen LogP contribution in [0.15, 0.2) is 36.4 Å². The summed E-state index contributed by atoms with van der Waals surface area (Å²) in [5.41, 5.74) is 4.60. The first-order valence-electron chi connectivity index (χ1n) is 13.7. The number of aromatic carboxylic acids is 2. The van der Waals surface area contributed by atoms with Gasteiger partial charge in [0.1, 0.15) is 0 Å². The Kier molecular flexibility index (Phi) is 9.94. The maximum absolute atomic E-state index is 11.9. The van der Waals surface area contributed by atoms with Gasteiger partial charge in [-0.05, 0) is 59.4 Å². The van der Waals surface area contributed by atoms with Gasteiger partial charge in [0.05, 0.1) is 11.1 Å². The molecule has 4 nitrogen and oxygen atoms in total. The van der Waals surface area contributed by atoms with Gasteiger partial charge in [-0.25, -0.2) is 9.59 Å². The number of carbonyl (C=O) groups is 2. The summed E-state index contributed by atoms with van der Waals surface area (Å²) in [7, 11) is 0. The summed E-state index contributed by atoms with van der Waals surface area (Å²) < 4.78 is 0. The molecule has 1 aliphatic rings. The van der Waals surface area contributed by atoms with Crippen LogP contribution in [-0.4, -0.2) is 22.2 Å². The first-order chi connectivity index (χ1) is 16.9. The Labute approximate surface area is 210 Å². The normalized spacial score (nSPS) is 13.4. The first-order valence-corrected chi connectivity index (χ1v) is 13.7. The molecular weight excluding hydrogens is 436 g/mol. The van der Waals surface area contributed by atoms with Crippen LogP contribution in [-0.2, 0) is 5.41 Å². The van der Waals surface area contributed by atoms with Crippen molar-refractivity contribution in [2.75, 3.05) is 0 Å². The van der Waals surface area contributed by atoms with Crippen molar-refractivity contribution >= 4 is 11.9 Å². The molecule has 0 aliphatic heterocycles. The van der Waals surface area contributed by atoms with Gasteiger partial charge in [-0.1, -0.05) is 103 Å². The van der Waals surface area contributed by atoms with E-state index in [1.54, 1.807) is 12.1 Å². The maximum atomic E-state index is 11.9. The zero-order valence-corrected chi connectivity index (χ0v) is 21.6. The summed E-state index contributed by atoms with van der Waals surface area (Å²) in [5.74, 6) is -1.83. The summed E-state index contributed by atoms with van der Waals surface area (Å²) in [6.45, 7) is 4.45. The number of hydrogen-bond donors (Lipinski definition) is 2. The molecule has 0 heterocycles. The molecule has 0 unspecified atom stereocenters. The highest BCUT2D eigenvalue weighted by atomic mass is 16.4. The van der Waals surface area contributed by atoms with E-state index in [0.29, 0.717) is 11.1 Å². The third-order valence-electron chi connectivity index (χ3n) is 7.77. The van der Waals surface area contributed by atoms with Crippen LogP contribution < -0.4 is 0 Å². The molecule has 0 spiro atoms. The van der Waals surface area contributed by atoms with Gasteiger partial charge >= 0.3 is 11.9 Å². The van der Waals surface area contributed by atoms with Gasteiger partial charge < -0.3 is 10.2 Å². The van der Waals surface area contributed by atoms with Crippen LogP contribution in [0.2, 0.25) is 0 Å². The van der Waals surface area contributed by atoms with Crippen molar-refractivity contribution in [2.45, 2.75) is 109 Å². The molecule has 35 heavy (non-hydrogen) atoms. The highest BCUT2D eigenvalue weighted by molar-refractivity contribution is 5.93. The molecule has 0 fully saturated rings. The third kappa shape index (κ3) is 6.34. The van der Waals surface area contributed by atoms with E-state index in [9.17, 15) is 19.8 Å². The molecule has 0 amide bonds. The fourth-order valence-electron chi connectivity index (χ4n) is 5.84. The highest BCUT2D eigenvalue weighted by Gasteiger charge is 2.43. The highest BCUT2D eigenvalue weighted by Crippen LogP contribution is 2.54.